The topological polar surface area (TPSA) is 72.8 Å². The van der Waals surface area contributed by atoms with Gasteiger partial charge in [0.1, 0.15) is 5.82 Å². The van der Waals surface area contributed by atoms with E-state index in [1.165, 1.54) is 5.56 Å². The van der Waals surface area contributed by atoms with Crippen LogP contribution in [0.4, 0.5) is 0 Å². The van der Waals surface area contributed by atoms with Crippen molar-refractivity contribution in [3.8, 4) is 6.07 Å². The van der Waals surface area contributed by atoms with Crippen LogP contribution < -0.4 is 0 Å². The molecular formula is C21H20N4O. The van der Waals surface area contributed by atoms with Crippen molar-refractivity contribution < 1.29 is 4.79 Å². The molecule has 5 heteroatoms. The lowest BCUT2D eigenvalue weighted by atomic mass is 9.95. The molecule has 1 aliphatic heterocycles. The number of aromatic amines is 1. The number of carbonyl (C=O) groups is 1. The first-order valence-electron chi connectivity index (χ1n) is 8.90. The van der Waals surface area contributed by atoms with Gasteiger partial charge in [0, 0.05) is 24.6 Å². The summed E-state index contributed by atoms with van der Waals surface area (Å²) in [7, 11) is 0. The van der Waals surface area contributed by atoms with Gasteiger partial charge in [-0.25, -0.2) is 4.98 Å². The number of hydrogen-bond donors (Lipinski definition) is 1. The van der Waals surface area contributed by atoms with Gasteiger partial charge in [-0.15, -0.1) is 0 Å². The Balaban J connectivity index is 1.46. The van der Waals surface area contributed by atoms with E-state index in [4.69, 9.17) is 10.2 Å². The molecule has 5 nitrogen and oxygen atoms in total. The van der Waals surface area contributed by atoms with Gasteiger partial charge in [0.05, 0.1) is 22.7 Å². The number of fused-ring (bicyclic) bond motifs is 1. The third-order valence-corrected chi connectivity index (χ3v) is 5.06. The molecule has 1 N–H and O–H groups in total. The predicted molar refractivity (Wildman–Crippen MR) is 99.9 cm³/mol. The fourth-order valence-electron chi connectivity index (χ4n) is 3.60. The quantitative estimate of drug-likeness (QED) is 0.769. The Morgan fingerprint density at radius 1 is 1.23 bits per heavy atom. The molecule has 0 spiro atoms. The van der Waals surface area contributed by atoms with E-state index in [-0.39, 0.29) is 5.91 Å². The summed E-state index contributed by atoms with van der Waals surface area (Å²) in [6.45, 7) is 3.48. The summed E-state index contributed by atoms with van der Waals surface area (Å²) in [6.07, 6.45) is 1.78. The van der Waals surface area contributed by atoms with Crippen molar-refractivity contribution in [3.05, 3.63) is 65.0 Å². The number of carbonyl (C=O) groups excluding carboxylic acids is 1. The summed E-state index contributed by atoms with van der Waals surface area (Å²) in [5.41, 5.74) is 4.39. The number of piperidine rings is 1. The number of imidazole rings is 1. The Hall–Kier alpha value is -3.13. The second-order valence-corrected chi connectivity index (χ2v) is 6.90. The molecule has 4 rings (SSSR count). The number of likely N-dealkylation sites (tertiary alicyclic amines) is 1. The molecule has 0 saturated carbocycles. The number of nitrogens with zero attached hydrogens (tertiary/aromatic N) is 3. The first kappa shape index (κ1) is 16.3. The van der Waals surface area contributed by atoms with E-state index in [0.717, 1.165) is 29.7 Å². The molecule has 0 bridgehead atoms. The molecule has 0 unspecified atom stereocenters. The second-order valence-electron chi connectivity index (χ2n) is 6.90. The maximum atomic E-state index is 12.7. The SMILES string of the molecule is Cc1ccc2nc(C3CCN(C(=O)c4cccc(C#N)c4)CC3)[nH]c2c1. The number of aromatic nitrogens is 2. The average Bonchev–Trinajstić information content (AvgIpc) is 3.10. The van der Waals surface area contributed by atoms with Crippen LogP contribution in [0.3, 0.4) is 0 Å². The molecule has 3 aromatic rings. The van der Waals surface area contributed by atoms with Gasteiger partial charge in [-0.3, -0.25) is 4.79 Å². The zero-order valence-corrected chi connectivity index (χ0v) is 14.7. The van der Waals surface area contributed by atoms with Crippen molar-refractivity contribution in [2.24, 2.45) is 0 Å². The van der Waals surface area contributed by atoms with Crippen LogP contribution in [0.15, 0.2) is 42.5 Å². The van der Waals surface area contributed by atoms with Gasteiger partial charge in [0.2, 0.25) is 0 Å². The van der Waals surface area contributed by atoms with Crippen LogP contribution >= 0.6 is 0 Å². The van der Waals surface area contributed by atoms with Crippen LogP contribution in [0.1, 0.15) is 46.1 Å². The summed E-state index contributed by atoms with van der Waals surface area (Å²) in [5, 5.41) is 9.01. The molecule has 1 aromatic heterocycles. The maximum Gasteiger partial charge on any atom is 0.253 e. The van der Waals surface area contributed by atoms with E-state index >= 15 is 0 Å². The first-order chi connectivity index (χ1) is 12.6. The minimum absolute atomic E-state index is 0.000723. The van der Waals surface area contributed by atoms with E-state index in [9.17, 15) is 4.79 Å². The van der Waals surface area contributed by atoms with E-state index in [1.807, 2.05) is 11.0 Å². The molecule has 0 aliphatic carbocycles. The molecule has 1 aliphatic rings. The number of nitriles is 1. The van der Waals surface area contributed by atoms with Crippen molar-refractivity contribution in [3.63, 3.8) is 0 Å². The molecule has 0 atom stereocenters. The Morgan fingerprint density at radius 3 is 2.81 bits per heavy atom. The monoisotopic (exact) mass is 344 g/mol. The fourth-order valence-corrected chi connectivity index (χ4v) is 3.60. The number of aryl methyl sites for hydroxylation is 1. The normalized spacial score (nSPS) is 15.2. The number of H-pyrrole nitrogens is 1. The van der Waals surface area contributed by atoms with Crippen LogP contribution in [0.5, 0.6) is 0 Å². The Kier molecular flexibility index (Phi) is 4.18. The molecule has 2 heterocycles. The average molecular weight is 344 g/mol. The molecule has 130 valence electrons. The highest BCUT2D eigenvalue weighted by Gasteiger charge is 2.26. The largest absolute Gasteiger partial charge is 0.342 e. The number of hydrogen-bond acceptors (Lipinski definition) is 3. The summed E-state index contributed by atoms with van der Waals surface area (Å²) in [4.78, 5) is 22.7. The highest BCUT2D eigenvalue weighted by molar-refractivity contribution is 5.94. The second kappa shape index (κ2) is 6.64. The Bertz CT molecular complexity index is 1010. The molecular weight excluding hydrogens is 324 g/mol. The highest BCUT2D eigenvalue weighted by atomic mass is 16.2. The molecule has 26 heavy (non-hydrogen) atoms. The van der Waals surface area contributed by atoms with Crippen molar-refractivity contribution in [1.29, 1.82) is 5.26 Å². The van der Waals surface area contributed by atoms with Crippen LogP contribution in [0, 0.1) is 18.3 Å². The van der Waals surface area contributed by atoms with Crippen LogP contribution in [-0.2, 0) is 0 Å². The van der Waals surface area contributed by atoms with E-state index in [2.05, 4.69) is 30.1 Å². The van der Waals surface area contributed by atoms with Gasteiger partial charge in [0.25, 0.3) is 5.91 Å². The lowest BCUT2D eigenvalue weighted by molar-refractivity contribution is 0.0711. The molecule has 0 radical (unpaired) electrons. The van der Waals surface area contributed by atoms with Crippen LogP contribution in [0.25, 0.3) is 11.0 Å². The minimum atomic E-state index is 0.000723. The number of nitrogens with one attached hydrogen (secondary N) is 1. The zero-order chi connectivity index (χ0) is 18.1. The van der Waals surface area contributed by atoms with E-state index in [0.29, 0.717) is 30.1 Å². The molecule has 2 aromatic carbocycles. The van der Waals surface area contributed by atoms with Gasteiger partial charge in [-0.05, 0) is 55.7 Å². The molecule has 1 amide bonds. The van der Waals surface area contributed by atoms with Crippen molar-refractivity contribution in [2.45, 2.75) is 25.7 Å². The van der Waals surface area contributed by atoms with Gasteiger partial charge in [0.15, 0.2) is 0 Å². The highest BCUT2D eigenvalue weighted by Crippen LogP contribution is 2.28. The Morgan fingerprint density at radius 2 is 2.04 bits per heavy atom. The van der Waals surface area contributed by atoms with Gasteiger partial charge in [-0.2, -0.15) is 5.26 Å². The van der Waals surface area contributed by atoms with Crippen LogP contribution in [-0.4, -0.2) is 33.9 Å². The molecule has 1 fully saturated rings. The lowest BCUT2D eigenvalue weighted by Crippen LogP contribution is -2.38. The zero-order valence-electron chi connectivity index (χ0n) is 14.7. The standard InChI is InChI=1S/C21H20N4O/c1-14-5-6-18-19(11-14)24-20(23-18)16-7-9-25(10-8-16)21(26)17-4-2-3-15(12-17)13-22/h2-6,11-12,16H,7-10H2,1H3,(H,23,24). The smallest absolute Gasteiger partial charge is 0.253 e. The van der Waals surface area contributed by atoms with Gasteiger partial charge < -0.3 is 9.88 Å². The third-order valence-electron chi connectivity index (χ3n) is 5.06. The number of amides is 1. The number of benzene rings is 2. The van der Waals surface area contributed by atoms with Gasteiger partial charge >= 0.3 is 0 Å². The minimum Gasteiger partial charge on any atom is -0.342 e. The predicted octanol–water partition coefficient (Wildman–Crippen LogP) is 3.76. The Labute approximate surface area is 152 Å². The summed E-state index contributed by atoms with van der Waals surface area (Å²) in [6, 6.07) is 15.2. The van der Waals surface area contributed by atoms with E-state index in [1.54, 1.807) is 24.3 Å². The molecule has 1 saturated heterocycles. The summed E-state index contributed by atoms with van der Waals surface area (Å²) >= 11 is 0. The van der Waals surface area contributed by atoms with Crippen molar-refractivity contribution in [2.75, 3.05) is 13.1 Å². The summed E-state index contributed by atoms with van der Waals surface area (Å²) < 4.78 is 0. The van der Waals surface area contributed by atoms with Crippen LogP contribution in [0.2, 0.25) is 0 Å². The van der Waals surface area contributed by atoms with E-state index < -0.39 is 0 Å². The first-order valence-corrected chi connectivity index (χ1v) is 8.90. The number of rotatable bonds is 2. The summed E-state index contributed by atoms with van der Waals surface area (Å²) in [5.74, 6) is 1.36. The van der Waals surface area contributed by atoms with Crippen molar-refractivity contribution in [1.82, 2.24) is 14.9 Å². The maximum absolute atomic E-state index is 12.7. The fraction of sp³-hybridized carbons (Fsp3) is 0.286. The lowest BCUT2D eigenvalue weighted by Gasteiger charge is -2.31. The van der Waals surface area contributed by atoms with Crippen molar-refractivity contribution >= 4 is 16.9 Å². The van der Waals surface area contributed by atoms with Gasteiger partial charge in [-0.1, -0.05) is 12.1 Å². The third kappa shape index (κ3) is 3.06.